The van der Waals surface area contributed by atoms with E-state index in [1.807, 2.05) is 6.20 Å². The molecule has 0 radical (unpaired) electrons. The molecule has 1 aliphatic carbocycles. The zero-order valence-corrected chi connectivity index (χ0v) is 13.6. The van der Waals surface area contributed by atoms with Crippen LogP contribution in [0.1, 0.15) is 37.9 Å². The molecule has 4 rings (SSSR count). The number of fused-ring (bicyclic) bond motifs is 1. The molecule has 0 spiro atoms. The van der Waals surface area contributed by atoms with E-state index in [-0.39, 0.29) is 6.10 Å². The molecular formula is C19H25N3O. The molecular weight excluding hydrogens is 286 g/mol. The average molecular weight is 311 g/mol. The number of imidazole rings is 1. The maximum atomic E-state index is 6.00. The highest BCUT2D eigenvalue weighted by Crippen LogP contribution is 2.25. The van der Waals surface area contributed by atoms with Crippen LogP contribution >= 0.6 is 0 Å². The van der Waals surface area contributed by atoms with Crippen LogP contribution in [0.5, 0.6) is 0 Å². The van der Waals surface area contributed by atoms with Crippen molar-refractivity contribution in [1.82, 2.24) is 14.9 Å². The fourth-order valence-electron chi connectivity index (χ4n) is 3.75. The molecule has 2 aliphatic rings. The van der Waals surface area contributed by atoms with Crippen LogP contribution in [0.15, 0.2) is 36.5 Å². The first-order chi connectivity index (χ1) is 11.4. The minimum absolute atomic E-state index is 0.237. The van der Waals surface area contributed by atoms with Gasteiger partial charge < -0.3 is 14.6 Å². The van der Waals surface area contributed by atoms with Gasteiger partial charge in [0.25, 0.3) is 0 Å². The highest BCUT2D eigenvalue weighted by Gasteiger charge is 2.23. The second kappa shape index (κ2) is 6.85. The fourth-order valence-corrected chi connectivity index (χ4v) is 3.75. The summed E-state index contributed by atoms with van der Waals surface area (Å²) in [6.07, 6.45) is 8.99. The SMILES string of the molecule is c1ccc(-c2cnc3n2C[C@H](CNC2CCCCC2)OC3)cc1. The molecule has 1 aliphatic heterocycles. The van der Waals surface area contributed by atoms with E-state index in [0.29, 0.717) is 12.6 Å². The lowest BCUT2D eigenvalue weighted by Gasteiger charge is -2.29. The van der Waals surface area contributed by atoms with Crippen LogP contribution in [0.2, 0.25) is 0 Å². The predicted molar refractivity (Wildman–Crippen MR) is 91.1 cm³/mol. The highest BCUT2D eigenvalue weighted by atomic mass is 16.5. The Morgan fingerprint density at radius 3 is 2.78 bits per heavy atom. The van der Waals surface area contributed by atoms with E-state index in [1.54, 1.807) is 0 Å². The summed E-state index contributed by atoms with van der Waals surface area (Å²) >= 11 is 0. The summed E-state index contributed by atoms with van der Waals surface area (Å²) in [5.74, 6) is 1.04. The molecule has 0 bridgehead atoms. The molecule has 1 aromatic heterocycles. The van der Waals surface area contributed by atoms with E-state index < -0.39 is 0 Å². The van der Waals surface area contributed by atoms with Crippen molar-refractivity contribution < 1.29 is 4.74 Å². The van der Waals surface area contributed by atoms with Gasteiger partial charge in [0.2, 0.25) is 0 Å². The minimum Gasteiger partial charge on any atom is -0.367 e. The van der Waals surface area contributed by atoms with E-state index in [9.17, 15) is 0 Å². The van der Waals surface area contributed by atoms with Crippen LogP contribution in [0.4, 0.5) is 0 Å². The topological polar surface area (TPSA) is 39.1 Å². The number of rotatable bonds is 4. The summed E-state index contributed by atoms with van der Waals surface area (Å²) in [4.78, 5) is 4.54. The first-order valence-electron chi connectivity index (χ1n) is 8.85. The van der Waals surface area contributed by atoms with Crippen LogP contribution in [0.3, 0.4) is 0 Å². The summed E-state index contributed by atoms with van der Waals surface area (Å²) in [6.45, 7) is 2.44. The molecule has 1 fully saturated rings. The number of nitrogens with zero attached hydrogens (tertiary/aromatic N) is 2. The first-order valence-corrected chi connectivity index (χ1v) is 8.85. The van der Waals surface area contributed by atoms with Gasteiger partial charge in [-0.15, -0.1) is 0 Å². The molecule has 0 amide bonds. The van der Waals surface area contributed by atoms with Gasteiger partial charge in [-0.3, -0.25) is 0 Å². The lowest BCUT2D eigenvalue weighted by molar-refractivity contribution is 0.00135. The van der Waals surface area contributed by atoms with Crippen molar-refractivity contribution in [1.29, 1.82) is 0 Å². The number of nitrogens with one attached hydrogen (secondary N) is 1. The van der Waals surface area contributed by atoms with Gasteiger partial charge in [-0.05, 0) is 18.4 Å². The van der Waals surface area contributed by atoms with Crippen molar-refractivity contribution >= 4 is 0 Å². The fraction of sp³-hybridized carbons (Fsp3) is 0.526. The maximum absolute atomic E-state index is 6.00. The quantitative estimate of drug-likeness (QED) is 0.941. The Balaban J connectivity index is 1.43. The molecule has 122 valence electrons. The van der Waals surface area contributed by atoms with E-state index in [4.69, 9.17) is 4.74 Å². The van der Waals surface area contributed by atoms with Gasteiger partial charge in [0.1, 0.15) is 12.4 Å². The Kier molecular flexibility index (Phi) is 4.44. The molecule has 2 heterocycles. The molecule has 1 N–H and O–H groups in total. The molecule has 0 unspecified atom stereocenters. The van der Waals surface area contributed by atoms with Crippen LogP contribution in [0, 0.1) is 0 Å². The van der Waals surface area contributed by atoms with Gasteiger partial charge in [0.15, 0.2) is 0 Å². The second-order valence-electron chi connectivity index (χ2n) is 6.71. The van der Waals surface area contributed by atoms with Crippen molar-refractivity contribution in [3.05, 3.63) is 42.4 Å². The molecule has 1 aromatic carbocycles. The van der Waals surface area contributed by atoms with E-state index in [1.165, 1.54) is 43.4 Å². The third-order valence-corrected chi connectivity index (χ3v) is 5.08. The first kappa shape index (κ1) is 14.9. The minimum atomic E-state index is 0.237. The molecule has 4 heteroatoms. The lowest BCUT2D eigenvalue weighted by atomic mass is 9.95. The summed E-state index contributed by atoms with van der Waals surface area (Å²) < 4.78 is 8.32. The third kappa shape index (κ3) is 3.33. The highest BCUT2D eigenvalue weighted by molar-refractivity contribution is 5.59. The van der Waals surface area contributed by atoms with E-state index in [0.717, 1.165) is 18.9 Å². The molecule has 2 aromatic rings. The summed E-state index contributed by atoms with van der Waals surface area (Å²) in [6, 6.07) is 11.2. The van der Waals surface area contributed by atoms with Crippen LogP contribution in [-0.2, 0) is 17.9 Å². The van der Waals surface area contributed by atoms with Gasteiger partial charge in [0, 0.05) is 12.6 Å². The van der Waals surface area contributed by atoms with E-state index >= 15 is 0 Å². The van der Waals surface area contributed by atoms with Gasteiger partial charge >= 0.3 is 0 Å². The van der Waals surface area contributed by atoms with Crippen molar-refractivity contribution in [3.8, 4) is 11.3 Å². The van der Waals surface area contributed by atoms with Crippen molar-refractivity contribution in [3.63, 3.8) is 0 Å². The zero-order chi connectivity index (χ0) is 15.5. The summed E-state index contributed by atoms with van der Waals surface area (Å²) in [5, 5.41) is 3.71. The molecule has 1 saturated carbocycles. The number of ether oxygens (including phenoxy) is 1. The number of aromatic nitrogens is 2. The molecule has 4 nitrogen and oxygen atoms in total. The number of hydrogen-bond acceptors (Lipinski definition) is 3. The predicted octanol–water partition coefficient (Wildman–Crippen LogP) is 3.37. The van der Waals surface area contributed by atoms with Crippen molar-refractivity contribution in [2.24, 2.45) is 0 Å². The monoisotopic (exact) mass is 311 g/mol. The Hall–Kier alpha value is -1.65. The van der Waals surface area contributed by atoms with E-state index in [2.05, 4.69) is 45.2 Å². The Morgan fingerprint density at radius 2 is 1.96 bits per heavy atom. The lowest BCUT2D eigenvalue weighted by Crippen LogP contribution is -2.41. The van der Waals surface area contributed by atoms with Crippen LogP contribution < -0.4 is 5.32 Å². The van der Waals surface area contributed by atoms with Gasteiger partial charge in [0.05, 0.1) is 24.5 Å². The maximum Gasteiger partial charge on any atom is 0.135 e. The zero-order valence-electron chi connectivity index (χ0n) is 13.6. The van der Waals surface area contributed by atoms with Gasteiger partial charge in [-0.2, -0.15) is 0 Å². The normalized spacial score (nSPS) is 22.0. The largest absolute Gasteiger partial charge is 0.367 e. The average Bonchev–Trinajstić information content (AvgIpc) is 3.05. The Labute approximate surface area is 137 Å². The summed E-state index contributed by atoms with van der Waals surface area (Å²) in [5.41, 5.74) is 2.43. The second-order valence-corrected chi connectivity index (χ2v) is 6.71. The molecule has 1 atom stereocenters. The summed E-state index contributed by atoms with van der Waals surface area (Å²) in [7, 11) is 0. The van der Waals surface area contributed by atoms with Gasteiger partial charge in [-0.1, -0.05) is 49.6 Å². The Morgan fingerprint density at radius 1 is 1.13 bits per heavy atom. The van der Waals surface area contributed by atoms with Crippen LogP contribution in [-0.4, -0.2) is 28.2 Å². The third-order valence-electron chi connectivity index (χ3n) is 5.08. The molecule has 0 saturated heterocycles. The number of hydrogen-bond donors (Lipinski definition) is 1. The van der Waals surface area contributed by atoms with Crippen LogP contribution in [0.25, 0.3) is 11.3 Å². The standard InChI is InChI=1S/C19H25N3O/c1-3-7-15(8-4-1)18-12-21-19-14-23-17(13-22(18)19)11-20-16-9-5-2-6-10-16/h1,3-4,7-8,12,16-17,20H,2,5-6,9-11,13-14H2/t17-/m0/s1. The smallest absolute Gasteiger partial charge is 0.135 e. The van der Waals surface area contributed by atoms with Crippen molar-refractivity contribution in [2.45, 2.75) is 57.4 Å². The van der Waals surface area contributed by atoms with Gasteiger partial charge in [-0.25, -0.2) is 4.98 Å². The molecule has 23 heavy (non-hydrogen) atoms. The number of benzene rings is 1. The van der Waals surface area contributed by atoms with Crippen molar-refractivity contribution in [2.75, 3.05) is 6.54 Å². The Bertz CT molecular complexity index is 631.